The maximum Gasteiger partial charge on any atom is 0.407 e. The van der Waals surface area contributed by atoms with E-state index in [9.17, 15) is 20.2 Å². The largest absolute Gasteiger partial charge is 0.430 e. The number of hydrogen-bond donors (Lipinski definition) is 0. The first-order chi connectivity index (χ1) is 9.47. The van der Waals surface area contributed by atoms with Crippen LogP contribution in [0, 0.1) is 27.2 Å². The average Bonchev–Trinajstić information content (AvgIpc) is 2.41. The zero-order valence-corrected chi connectivity index (χ0v) is 10.2. The summed E-state index contributed by atoms with van der Waals surface area (Å²) in [6.07, 6.45) is 1.00. The fourth-order valence-corrected chi connectivity index (χ4v) is 1.39. The Bertz CT molecular complexity index is 671. The Labute approximate surface area is 112 Å². The van der Waals surface area contributed by atoms with E-state index in [-0.39, 0.29) is 17.3 Å². The Morgan fingerprint density at radius 2 is 1.85 bits per heavy atom. The van der Waals surface area contributed by atoms with Crippen LogP contribution in [0.25, 0.3) is 0 Å². The topological polar surface area (TPSA) is 121 Å². The van der Waals surface area contributed by atoms with Gasteiger partial charge in [-0.05, 0) is 22.0 Å². The summed E-state index contributed by atoms with van der Waals surface area (Å²) in [6.45, 7) is 1.61. The van der Waals surface area contributed by atoms with Gasteiger partial charge in [0.05, 0.1) is 4.92 Å². The monoisotopic (exact) mass is 276 g/mol. The smallest absolute Gasteiger partial charge is 0.407 e. The number of aromatic nitrogens is 2. The van der Waals surface area contributed by atoms with Crippen LogP contribution in [0.2, 0.25) is 0 Å². The van der Waals surface area contributed by atoms with Crippen molar-refractivity contribution in [1.82, 2.24) is 9.97 Å². The van der Waals surface area contributed by atoms with E-state index in [1.165, 1.54) is 18.2 Å². The molecule has 0 aliphatic carbocycles. The Balaban J connectivity index is 2.30. The van der Waals surface area contributed by atoms with Gasteiger partial charge in [-0.3, -0.25) is 10.1 Å². The second-order valence-corrected chi connectivity index (χ2v) is 3.75. The molecule has 0 radical (unpaired) electrons. The molecular weight excluding hydrogens is 268 g/mol. The van der Waals surface area contributed by atoms with Crippen LogP contribution >= 0.6 is 0 Å². The zero-order valence-electron chi connectivity index (χ0n) is 10.2. The molecule has 9 heteroatoms. The second-order valence-electron chi connectivity index (χ2n) is 3.75. The highest BCUT2D eigenvalue weighted by atomic mass is 16.6. The molecule has 20 heavy (non-hydrogen) atoms. The van der Waals surface area contributed by atoms with Crippen LogP contribution in [0.4, 0.5) is 11.5 Å². The van der Waals surface area contributed by atoms with E-state index in [0.717, 1.165) is 6.20 Å². The minimum Gasteiger partial charge on any atom is -0.430 e. The Hall–Kier alpha value is -3.10. The molecule has 0 spiro atoms. The predicted molar refractivity (Wildman–Crippen MR) is 66.6 cm³/mol. The molecule has 9 nitrogen and oxygen atoms in total. The zero-order chi connectivity index (χ0) is 14.7. The molecule has 2 aromatic rings. The quantitative estimate of drug-likeness (QED) is 0.620. The lowest BCUT2D eigenvalue weighted by atomic mass is 10.3. The Morgan fingerprint density at radius 3 is 2.40 bits per heavy atom. The van der Waals surface area contributed by atoms with Crippen LogP contribution in [-0.4, -0.2) is 19.8 Å². The summed E-state index contributed by atoms with van der Waals surface area (Å²) >= 11 is 0. The van der Waals surface area contributed by atoms with Crippen molar-refractivity contribution in [2.75, 3.05) is 0 Å². The number of pyridine rings is 2. The van der Waals surface area contributed by atoms with Gasteiger partial charge >= 0.3 is 5.82 Å². The van der Waals surface area contributed by atoms with Gasteiger partial charge in [-0.25, -0.2) is 4.98 Å². The molecule has 0 saturated heterocycles. The highest BCUT2D eigenvalue weighted by Gasteiger charge is 2.19. The highest BCUT2D eigenvalue weighted by molar-refractivity contribution is 5.43. The van der Waals surface area contributed by atoms with Crippen molar-refractivity contribution in [3.63, 3.8) is 0 Å². The van der Waals surface area contributed by atoms with Crippen LogP contribution in [0.15, 0.2) is 30.5 Å². The van der Waals surface area contributed by atoms with Crippen LogP contribution in [-0.2, 0) is 0 Å². The minimum absolute atomic E-state index is 0.00403. The van der Waals surface area contributed by atoms with Gasteiger partial charge in [-0.15, -0.1) is 0 Å². The molecule has 0 saturated carbocycles. The third-order valence-electron chi connectivity index (χ3n) is 2.30. The first kappa shape index (κ1) is 13.3. The molecule has 0 amide bonds. The third kappa shape index (κ3) is 2.83. The number of nitro groups is 2. The van der Waals surface area contributed by atoms with E-state index in [0.29, 0.717) is 5.69 Å². The summed E-state index contributed by atoms with van der Waals surface area (Å²) in [4.78, 5) is 27.5. The van der Waals surface area contributed by atoms with E-state index in [4.69, 9.17) is 4.74 Å². The molecule has 0 aromatic carbocycles. The van der Waals surface area contributed by atoms with E-state index in [2.05, 4.69) is 9.97 Å². The van der Waals surface area contributed by atoms with E-state index < -0.39 is 15.7 Å². The molecular formula is C11H8N4O5. The molecule has 0 aliphatic heterocycles. The molecule has 2 heterocycles. The van der Waals surface area contributed by atoms with E-state index in [1.54, 1.807) is 13.0 Å². The molecule has 0 unspecified atom stereocenters. The lowest BCUT2D eigenvalue weighted by Crippen LogP contribution is -1.98. The molecule has 2 aromatic heterocycles. The predicted octanol–water partition coefficient (Wildman–Crippen LogP) is 2.39. The van der Waals surface area contributed by atoms with Gasteiger partial charge in [-0.2, -0.15) is 0 Å². The molecule has 0 atom stereocenters. The molecule has 0 fully saturated rings. The molecule has 0 N–H and O–H groups in total. The summed E-state index contributed by atoms with van der Waals surface area (Å²) in [6, 6.07) is 5.38. The fraction of sp³-hybridized carbons (Fsp3) is 0.0909. The highest BCUT2D eigenvalue weighted by Crippen LogP contribution is 2.29. The molecule has 2 rings (SSSR count). The average molecular weight is 276 g/mol. The summed E-state index contributed by atoms with van der Waals surface area (Å²) in [5, 5.41) is 21.3. The first-order valence-electron chi connectivity index (χ1n) is 5.37. The van der Waals surface area contributed by atoms with Gasteiger partial charge < -0.3 is 14.9 Å². The van der Waals surface area contributed by atoms with Crippen molar-refractivity contribution >= 4 is 11.5 Å². The van der Waals surface area contributed by atoms with Crippen LogP contribution in [0.5, 0.6) is 11.6 Å². The minimum atomic E-state index is -0.673. The van der Waals surface area contributed by atoms with Crippen LogP contribution in [0.3, 0.4) is 0 Å². The van der Waals surface area contributed by atoms with Gasteiger partial charge in [0.15, 0.2) is 0 Å². The number of aryl methyl sites for hydroxylation is 1. The maximum absolute atomic E-state index is 10.9. The van der Waals surface area contributed by atoms with Gasteiger partial charge in [-0.1, -0.05) is 0 Å². The normalized spacial score (nSPS) is 10.1. The van der Waals surface area contributed by atoms with Crippen molar-refractivity contribution in [2.24, 2.45) is 0 Å². The summed E-state index contributed by atoms with van der Waals surface area (Å²) in [7, 11) is 0. The standard InChI is InChI=1S/C11H8N4O5/c1-7-2-4-9(11(13-7)15(18)19)20-10-5-3-8(6-12-10)14(16)17/h2-6H,1H3. The number of ether oxygens (including phenoxy) is 1. The SMILES string of the molecule is Cc1ccc(Oc2ccc([N+](=O)[O-])cn2)c([N+](=O)[O-])n1. The molecule has 0 aliphatic rings. The number of hydrogen-bond acceptors (Lipinski definition) is 7. The number of nitrogens with zero attached hydrogens (tertiary/aromatic N) is 4. The van der Waals surface area contributed by atoms with Crippen molar-refractivity contribution in [1.29, 1.82) is 0 Å². The van der Waals surface area contributed by atoms with Crippen molar-refractivity contribution in [2.45, 2.75) is 6.92 Å². The van der Waals surface area contributed by atoms with Gasteiger partial charge in [0.1, 0.15) is 11.9 Å². The number of rotatable bonds is 4. The van der Waals surface area contributed by atoms with E-state index in [1.807, 2.05) is 0 Å². The second kappa shape index (κ2) is 5.26. The maximum atomic E-state index is 10.9. The van der Waals surface area contributed by atoms with Crippen LogP contribution < -0.4 is 4.74 Å². The van der Waals surface area contributed by atoms with Crippen molar-refractivity contribution in [3.8, 4) is 11.6 Å². The lowest BCUT2D eigenvalue weighted by molar-refractivity contribution is -0.390. The van der Waals surface area contributed by atoms with Crippen molar-refractivity contribution in [3.05, 3.63) is 56.4 Å². The van der Waals surface area contributed by atoms with E-state index >= 15 is 0 Å². The Kier molecular flexibility index (Phi) is 3.51. The van der Waals surface area contributed by atoms with Gasteiger partial charge in [0.25, 0.3) is 5.69 Å². The van der Waals surface area contributed by atoms with Gasteiger partial charge in [0.2, 0.25) is 11.6 Å². The summed E-state index contributed by atoms with van der Waals surface area (Å²) < 4.78 is 5.22. The molecule has 0 bridgehead atoms. The van der Waals surface area contributed by atoms with Gasteiger partial charge in [0, 0.05) is 19.1 Å². The fourth-order valence-electron chi connectivity index (χ4n) is 1.39. The lowest BCUT2D eigenvalue weighted by Gasteiger charge is -2.04. The third-order valence-corrected chi connectivity index (χ3v) is 2.30. The summed E-state index contributed by atoms with van der Waals surface area (Å²) in [5.41, 5.74) is 0.273. The Morgan fingerprint density at radius 1 is 1.10 bits per heavy atom. The summed E-state index contributed by atoms with van der Waals surface area (Å²) in [5.74, 6) is -0.517. The first-order valence-corrected chi connectivity index (χ1v) is 5.37. The molecule has 102 valence electrons. The van der Waals surface area contributed by atoms with Crippen molar-refractivity contribution < 1.29 is 14.6 Å². The van der Waals surface area contributed by atoms with Crippen LogP contribution in [0.1, 0.15) is 5.69 Å².